The molecule has 0 spiro atoms. The van der Waals surface area contributed by atoms with Crippen molar-refractivity contribution < 1.29 is 80.2 Å². The van der Waals surface area contributed by atoms with Crippen molar-refractivity contribution in [2.75, 3.05) is 39.6 Å². The molecule has 0 radical (unpaired) electrons. The van der Waals surface area contributed by atoms with E-state index in [4.69, 9.17) is 37.0 Å². The molecule has 0 aromatic carbocycles. The van der Waals surface area contributed by atoms with Crippen molar-refractivity contribution >= 4 is 39.5 Å². The Labute approximate surface area is 643 Å². The van der Waals surface area contributed by atoms with Crippen LogP contribution in [0.2, 0.25) is 0 Å². The molecule has 0 saturated carbocycles. The Morgan fingerprint density at radius 3 is 0.821 bits per heavy atom. The van der Waals surface area contributed by atoms with E-state index in [1.165, 1.54) is 44.9 Å². The topological polar surface area (TPSA) is 237 Å². The summed E-state index contributed by atoms with van der Waals surface area (Å²) >= 11 is 0. The van der Waals surface area contributed by atoms with E-state index < -0.39 is 97.5 Å². The van der Waals surface area contributed by atoms with Crippen LogP contribution in [-0.2, 0) is 65.4 Å². The number of aliphatic hydroxyl groups is 1. The van der Waals surface area contributed by atoms with Crippen molar-refractivity contribution in [3.63, 3.8) is 0 Å². The maximum absolute atomic E-state index is 13.1. The van der Waals surface area contributed by atoms with Gasteiger partial charge in [0.1, 0.15) is 19.3 Å². The van der Waals surface area contributed by atoms with Gasteiger partial charge in [0.25, 0.3) is 0 Å². The van der Waals surface area contributed by atoms with Gasteiger partial charge in [-0.15, -0.1) is 0 Å². The molecule has 0 aliphatic heterocycles. The van der Waals surface area contributed by atoms with Crippen LogP contribution >= 0.6 is 15.6 Å². The number of unbranched alkanes of at least 4 members (excludes halogenated alkanes) is 26. The summed E-state index contributed by atoms with van der Waals surface area (Å²) in [6, 6.07) is 0. The van der Waals surface area contributed by atoms with Gasteiger partial charge in [-0.25, -0.2) is 9.13 Å². The molecule has 0 bridgehead atoms. The highest BCUT2D eigenvalue weighted by molar-refractivity contribution is 7.47. The van der Waals surface area contributed by atoms with E-state index in [2.05, 4.69) is 161 Å². The Kier molecular flexibility index (Phi) is 74.3. The number of allylic oxidation sites excluding steroid dienone is 24. The van der Waals surface area contributed by atoms with Crippen molar-refractivity contribution in [1.29, 1.82) is 0 Å². The predicted octanol–water partition coefficient (Wildman–Crippen LogP) is 24.2. The minimum absolute atomic E-state index is 0.0671. The summed E-state index contributed by atoms with van der Waals surface area (Å²) in [5.41, 5.74) is 0. The molecule has 0 amide bonds. The van der Waals surface area contributed by atoms with E-state index in [-0.39, 0.29) is 25.7 Å². The van der Waals surface area contributed by atoms with Crippen LogP contribution in [0.5, 0.6) is 0 Å². The van der Waals surface area contributed by atoms with Gasteiger partial charge in [0.15, 0.2) is 12.2 Å². The molecule has 0 heterocycles. The number of ether oxygens (including phenoxy) is 4. The van der Waals surface area contributed by atoms with Gasteiger partial charge in [-0.05, 0) is 161 Å². The van der Waals surface area contributed by atoms with E-state index in [9.17, 15) is 43.2 Å². The smallest absolute Gasteiger partial charge is 0.462 e. The average Bonchev–Trinajstić information content (AvgIpc) is 0.902. The van der Waals surface area contributed by atoms with Gasteiger partial charge in [0.05, 0.1) is 26.4 Å². The molecule has 19 heteroatoms. The predicted molar refractivity (Wildman–Crippen MR) is 436 cm³/mol. The number of carbonyl (C=O) groups is 4. The summed E-state index contributed by atoms with van der Waals surface area (Å²) in [5.74, 6) is -2.28. The monoisotopic (exact) mass is 1530 g/mol. The van der Waals surface area contributed by atoms with Gasteiger partial charge >= 0.3 is 39.5 Å². The van der Waals surface area contributed by atoms with Crippen LogP contribution in [-0.4, -0.2) is 96.7 Å². The van der Waals surface area contributed by atoms with E-state index in [1.807, 2.05) is 12.2 Å². The second-order valence-electron chi connectivity index (χ2n) is 26.9. The number of phosphoric acid groups is 2. The van der Waals surface area contributed by atoms with Gasteiger partial charge in [0.2, 0.25) is 0 Å². The molecule has 0 fully saturated rings. The Balaban J connectivity index is 5.42. The molecule has 3 N–H and O–H groups in total. The van der Waals surface area contributed by atoms with Gasteiger partial charge in [-0.1, -0.05) is 283 Å². The Morgan fingerprint density at radius 2 is 0.500 bits per heavy atom. The van der Waals surface area contributed by atoms with Gasteiger partial charge in [0, 0.05) is 25.7 Å². The zero-order valence-corrected chi connectivity index (χ0v) is 68.1. The largest absolute Gasteiger partial charge is 0.472 e. The third kappa shape index (κ3) is 77.1. The number of phosphoric ester groups is 2. The minimum Gasteiger partial charge on any atom is -0.462 e. The Bertz CT molecular complexity index is 2580. The average molecular weight is 1530 g/mol. The maximum atomic E-state index is 13.1. The second kappa shape index (κ2) is 78.1. The van der Waals surface area contributed by atoms with Crippen LogP contribution in [0, 0.1) is 0 Å². The lowest BCUT2D eigenvalue weighted by molar-refractivity contribution is -0.161. The Hall–Kier alpha value is -5.06. The van der Waals surface area contributed by atoms with Gasteiger partial charge in [-0.3, -0.25) is 37.3 Å². The van der Waals surface area contributed by atoms with Gasteiger partial charge in [-0.2, -0.15) is 0 Å². The quantitative estimate of drug-likeness (QED) is 0.0169. The van der Waals surface area contributed by atoms with Crippen molar-refractivity contribution in [3.8, 4) is 0 Å². The molecule has 106 heavy (non-hydrogen) atoms. The van der Waals surface area contributed by atoms with Crippen molar-refractivity contribution in [2.24, 2.45) is 0 Å². The zero-order chi connectivity index (χ0) is 77.4. The molecule has 5 unspecified atom stereocenters. The minimum atomic E-state index is -5.00. The summed E-state index contributed by atoms with van der Waals surface area (Å²) in [5, 5.41) is 10.7. The summed E-state index contributed by atoms with van der Waals surface area (Å²) in [6.07, 6.45) is 89.6. The van der Waals surface area contributed by atoms with Crippen LogP contribution in [0.3, 0.4) is 0 Å². The maximum Gasteiger partial charge on any atom is 0.472 e. The fourth-order valence-corrected chi connectivity index (χ4v) is 12.1. The molecule has 0 aromatic rings. The van der Waals surface area contributed by atoms with E-state index in [0.29, 0.717) is 32.1 Å². The zero-order valence-electron chi connectivity index (χ0n) is 66.3. The van der Waals surface area contributed by atoms with Crippen LogP contribution < -0.4 is 0 Å². The first-order chi connectivity index (χ1) is 51.7. The molecule has 0 aliphatic rings. The summed E-state index contributed by atoms with van der Waals surface area (Å²) in [6.45, 7) is 4.52. The molecular weight excluding hydrogens is 1380 g/mol. The summed E-state index contributed by atoms with van der Waals surface area (Å²) in [4.78, 5) is 73.1. The lowest BCUT2D eigenvalue weighted by Crippen LogP contribution is -2.30. The highest BCUT2D eigenvalue weighted by Crippen LogP contribution is 2.45. The third-order valence-electron chi connectivity index (χ3n) is 16.8. The van der Waals surface area contributed by atoms with E-state index in [1.54, 1.807) is 0 Å². The highest BCUT2D eigenvalue weighted by atomic mass is 31.2. The van der Waals surface area contributed by atoms with Gasteiger partial charge < -0.3 is 33.8 Å². The number of esters is 4. The fraction of sp³-hybridized carbons (Fsp3) is 0.678. The molecule has 0 aromatic heterocycles. The van der Waals surface area contributed by atoms with Crippen LogP contribution in [0.1, 0.15) is 323 Å². The van der Waals surface area contributed by atoms with Crippen molar-refractivity contribution in [1.82, 2.24) is 0 Å². The number of hydrogen-bond donors (Lipinski definition) is 3. The molecule has 0 rings (SSSR count). The highest BCUT2D eigenvalue weighted by Gasteiger charge is 2.30. The van der Waals surface area contributed by atoms with Crippen LogP contribution in [0.25, 0.3) is 0 Å². The summed E-state index contributed by atoms with van der Waals surface area (Å²) < 4.78 is 68.6. The lowest BCUT2D eigenvalue weighted by atomic mass is 10.1. The normalized spacial score (nSPS) is 14.6. The molecular formula is C87H146O17P2. The third-order valence-corrected chi connectivity index (χ3v) is 18.7. The van der Waals surface area contributed by atoms with E-state index in [0.717, 1.165) is 193 Å². The van der Waals surface area contributed by atoms with Crippen LogP contribution in [0.15, 0.2) is 146 Å². The lowest BCUT2D eigenvalue weighted by Gasteiger charge is -2.21. The second-order valence-corrected chi connectivity index (χ2v) is 29.8. The molecule has 0 aliphatic carbocycles. The SMILES string of the molecule is CC/C=C\C/C=C\C/C=C\C/C=C\C/C=C\CCCC(=O)OCC(COP(=O)(O)OCC(O)COP(=O)(O)OCC(COC(=O)CCCCCCCC/C=C\C/C=C\C/C=C\CCCCC)OC(=O)CCCCCCC/C=C\CCCCCC)OC(=O)CCCCCCCCC/C=C\C/C=C\C/C=C\CC. The fourth-order valence-electron chi connectivity index (χ4n) is 10.6. The molecule has 0 saturated heterocycles. The Morgan fingerprint density at radius 1 is 0.274 bits per heavy atom. The molecule has 5 atom stereocenters. The summed E-state index contributed by atoms with van der Waals surface area (Å²) in [7, 11) is -9.99. The first-order valence-corrected chi connectivity index (χ1v) is 44.1. The number of rotatable bonds is 76. The molecule has 17 nitrogen and oxygen atoms in total. The standard InChI is InChI=1S/C87H146O17P2/c1-5-9-13-17-21-25-29-33-36-39-40-43-45-49-52-56-60-64-68-72-85(90)97-77-82(103-86(91)73-69-65-61-57-53-47-32-28-24-20-16-12-8-4)79-101-105(93,94)99-75-81(88)76-100-106(95,96)102-80-83(104-87(92)74-70-66-62-58-54-50-46-42-38-35-31-27-23-19-15-11-7-3)78-98-84(89)71-67-63-59-55-51-48-44-41-37-34-30-26-22-18-14-10-6-2/h10-11,14-15,21-23,25-28,32-38,40,43-44,48,55,59,81-83,88H,5-9,12-13,16-20,24,29-31,39,41-42,45-47,49-54,56-58,60-80H2,1-4H3,(H,93,94)(H,95,96)/b14-10-,15-11-,25-21-,26-22-,27-23-,32-28-,36-33-,37-34-,38-35-,43-40-,48-44-,59-55-. The number of carbonyl (C=O) groups excluding carboxylic acids is 4. The van der Waals surface area contributed by atoms with Crippen molar-refractivity contribution in [3.05, 3.63) is 146 Å². The molecule has 606 valence electrons. The van der Waals surface area contributed by atoms with E-state index >= 15 is 0 Å². The first kappa shape index (κ1) is 101. The van der Waals surface area contributed by atoms with Crippen molar-refractivity contribution in [2.45, 2.75) is 341 Å². The number of aliphatic hydroxyl groups excluding tert-OH is 1. The van der Waals surface area contributed by atoms with Crippen LogP contribution in [0.4, 0.5) is 0 Å². The number of hydrogen-bond acceptors (Lipinski definition) is 15. The first-order valence-electron chi connectivity index (χ1n) is 41.1.